The molecule has 5 rings (SSSR count). The Hall–Kier alpha value is -3.84. The molecule has 0 saturated heterocycles. The smallest absolute Gasteiger partial charge is 0.326 e. The van der Waals surface area contributed by atoms with Gasteiger partial charge >= 0.3 is 6.03 Å². The lowest BCUT2D eigenvalue weighted by atomic mass is 9.94. The first kappa shape index (κ1) is 23.9. The van der Waals surface area contributed by atoms with Crippen LogP contribution in [0.1, 0.15) is 42.5 Å². The Balaban J connectivity index is 1.62. The number of rotatable bonds is 6. The summed E-state index contributed by atoms with van der Waals surface area (Å²) in [7, 11) is 0. The van der Waals surface area contributed by atoms with Crippen LogP contribution in [-0.2, 0) is 6.42 Å². The minimum atomic E-state index is -0.425. The van der Waals surface area contributed by atoms with E-state index in [2.05, 4.69) is 41.7 Å². The van der Waals surface area contributed by atoms with Crippen LogP contribution in [0.25, 0.3) is 17.0 Å². The number of benzene rings is 3. The predicted octanol–water partition coefficient (Wildman–Crippen LogP) is 7.03. The van der Waals surface area contributed by atoms with Crippen molar-refractivity contribution in [3.05, 3.63) is 101 Å². The molecule has 1 aliphatic heterocycles. The topological polar surface area (TPSA) is 71.3 Å². The Labute approximate surface area is 215 Å². The number of carbonyl (C=O) groups excluding carboxylic acids is 1. The van der Waals surface area contributed by atoms with E-state index in [1.54, 1.807) is 16.7 Å². The molecule has 1 unspecified atom stereocenters. The molecule has 0 radical (unpaired) electrons. The third kappa shape index (κ3) is 4.54. The number of carbonyl (C=O) groups is 1. The van der Waals surface area contributed by atoms with E-state index in [4.69, 9.17) is 9.51 Å². The number of anilines is 1. The van der Waals surface area contributed by atoms with Gasteiger partial charge in [-0.05, 0) is 61.9 Å². The number of hydrogen-bond acceptors (Lipinski definition) is 5. The molecule has 2 heterocycles. The van der Waals surface area contributed by atoms with Crippen LogP contribution >= 0.6 is 11.8 Å². The van der Waals surface area contributed by atoms with E-state index in [0.29, 0.717) is 11.7 Å². The Kier molecular flexibility index (Phi) is 6.65. The Morgan fingerprint density at radius 2 is 1.67 bits per heavy atom. The van der Waals surface area contributed by atoms with E-state index in [1.165, 1.54) is 5.56 Å². The van der Waals surface area contributed by atoms with Gasteiger partial charge in [0.05, 0.1) is 17.3 Å². The average molecular weight is 497 g/mol. The van der Waals surface area contributed by atoms with Gasteiger partial charge in [0, 0.05) is 16.2 Å². The van der Waals surface area contributed by atoms with Crippen LogP contribution in [-0.4, -0.2) is 22.4 Å². The van der Waals surface area contributed by atoms with Crippen molar-refractivity contribution >= 4 is 29.1 Å². The van der Waals surface area contributed by atoms with Gasteiger partial charge in [-0.3, -0.25) is 4.90 Å². The standard InChI is InChI=1S/C29H28N4O2S/c1-5-20-8-10-22(11-9-20)27-31-28(35-32-27)25-19(3)33(23-14-6-18(2)7-15-23)29(34)30-26(25)21-12-16-24(36-4)17-13-21/h6-17,26H,5H2,1-4H3,(H,30,34). The van der Waals surface area contributed by atoms with Crippen LogP contribution in [0.4, 0.5) is 10.5 Å². The number of nitrogens with zero attached hydrogens (tertiary/aromatic N) is 3. The maximum Gasteiger partial charge on any atom is 0.326 e. The van der Waals surface area contributed by atoms with Crippen LogP contribution in [0.2, 0.25) is 0 Å². The molecule has 1 atom stereocenters. The third-order valence-electron chi connectivity index (χ3n) is 6.50. The van der Waals surface area contributed by atoms with Gasteiger partial charge in [-0.25, -0.2) is 4.79 Å². The summed E-state index contributed by atoms with van der Waals surface area (Å²) in [5.74, 6) is 0.904. The maximum absolute atomic E-state index is 13.4. The molecule has 4 aromatic rings. The summed E-state index contributed by atoms with van der Waals surface area (Å²) < 4.78 is 5.82. The van der Waals surface area contributed by atoms with Crippen molar-refractivity contribution in [1.82, 2.24) is 15.5 Å². The van der Waals surface area contributed by atoms with Crippen LogP contribution < -0.4 is 10.2 Å². The lowest BCUT2D eigenvalue weighted by Gasteiger charge is -2.35. The molecule has 36 heavy (non-hydrogen) atoms. The Bertz CT molecular complexity index is 1410. The lowest BCUT2D eigenvalue weighted by Crippen LogP contribution is -2.46. The summed E-state index contributed by atoms with van der Waals surface area (Å²) >= 11 is 1.68. The minimum Gasteiger partial charge on any atom is -0.334 e. The zero-order valence-corrected chi connectivity index (χ0v) is 21.6. The fourth-order valence-corrected chi connectivity index (χ4v) is 4.82. The summed E-state index contributed by atoms with van der Waals surface area (Å²) in [6, 6.07) is 23.6. The highest BCUT2D eigenvalue weighted by atomic mass is 32.2. The van der Waals surface area contributed by atoms with Crippen LogP contribution in [0.3, 0.4) is 0 Å². The average Bonchev–Trinajstić information content (AvgIpc) is 3.39. The molecule has 0 spiro atoms. The second-order valence-corrected chi connectivity index (χ2v) is 9.68. The highest BCUT2D eigenvalue weighted by molar-refractivity contribution is 7.98. The first-order valence-corrected chi connectivity index (χ1v) is 13.2. The molecule has 0 saturated carbocycles. The number of aryl methyl sites for hydroxylation is 2. The number of thioether (sulfide) groups is 1. The van der Waals surface area contributed by atoms with Crippen molar-refractivity contribution in [2.75, 3.05) is 11.2 Å². The fourth-order valence-electron chi connectivity index (χ4n) is 4.41. The number of urea groups is 1. The van der Waals surface area contributed by atoms with E-state index in [1.807, 2.05) is 68.6 Å². The molecule has 3 aromatic carbocycles. The summed E-state index contributed by atoms with van der Waals surface area (Å²) in [4.78, 5) is 21.0. The lowest BCUT2D eigenvalue weighted by molar-refractivity contribution is 0.244. The first-order chi connectivity index (χ1) is 17.5. The van der Waals surface area contributed by atoms with Gasteiger partial charge in [-0.15, -0.1) is 11.8 Å². The van der Waals surface area contributed by atoms with Crippen LogP contribution in [0.5, 0.6) is 0 Å². The van der Waals surface area contributed by atoms with Gasteiger partial charge in [0.2, 0.25) is 5.82 Å². The molecule has 1 N–H and O–H groups in total. The van der Waals surface area contributed by atoms with Crippen LogP contribution in [0.15, 0.2) is 87.9 Å². The summed E-state index contributed by atoms with van der Waals surface area (Å²) in [5.41, 5.74) is 6.51. The van der Waals surface area contributed by atoms with Crippen molar-refractivity contribution in [2.45, 2.75) is 38.1 Å². The second kappa shape index (κ2) is 10.0. The van der Waals surface area contributed by atoms with Gasteiger partial charge in [0.25, 0.3) is 5.89 Å². The number of aromatic nitrogens is 2. The number of allylic oxidation sites excluding steroid dienone is 1. The van der Waals surface area contributed by atoms with Crippen molar-refractivity contribution in [1.29, 1.82) is 0 Å². The predicted molar refractivity (Wildman–Crippen MR) is 145 cm³/mol. The summed E-state index contributed by atoms with van der Waals surface area (Å²) in [6.07, 6.45) is 3.01. The van der Waals surface area contributed by atoms with Crippen LogP contribution in [0, 0.1) is 6.92 Å². The van der Waals surface area contributed by atoms with Crippen molar-refractivity contribution in [3.8, 4) is 11.4 Å². The van der Waals surface area contributed by atoms with Gasteiger partial charge in [0.1, 0.15) is 0 Å². The van der Waals surface area contributed by atoms with E-state index in [0.717, 1.165) is 45.0 Å². The molecule has 0 aliphatic carbocycles. The van der Waals surface area contributed by atoms with Crippen molar-refractivity contribution in [2.24, 2.45) is 0 Å². The van der Waals surface area contributed by atoms with E-state index in [9.17, 15) is 4.79 Å². The summed E-state index contributed by atoms with van der Waals surface area (Å²) in [5, 5.41) is 7.45. The first-order valence-electron chi connectivity index (χ1n) is 11.9. The minimum absolute atomic E-state index is 0.200. The molecule has 1 aromatic heterocycles. The molecule has 182 valence electrons. The third-order valence-corrected chi connectivity index (χ3v) is 7.25. The van der Waals surface area contributed by atoms with Crippen molar-refractivity contribution in [3.63, 3.8) is 0 Å². The molecule has 0 bridgehead atoms. The van der Waals surface area contributed by atoms with Gasteiger partial charge in [0.15, 0.2) is 0 Å². The Morgan fingerprint density at radius 3 is 2.31 bits per heavy atom. The molecule has 0 fully saturated rings. The highest BCUT2D eigenvalue weighted by Gasteiger charge is 2.36. The number of amides is 2. The normalized spacial score (nSPS) is 15.8. The SMILES string of the molecule is CCc1ccc(-c2noc(C3=C(C)N(c4ccc(C)cc4)C(=O)NC3c3ccc(SC)cc3)n2)cc1. The largest absolute Gasteiger partial charge is 0.334 e. The van der Waals surface area contributed by atoms with Gasteiger partial charge < -0.3 is 9.84 Å². The molecular formula is C29H28N4O2S. The summed E-state index contributed by atoms with van der Waals surface area (Å²) in [6.45, 7) is 6.08. The Morgan fingerprint density at radius 1 is 0.972 bits per heavy atom. The van der Waals surface area contributed by atoms with Gasteiger partial charge in [-0.2, -0.15) is 4.98 Å². The number of hydrogen-bond donors (Lipinski definition) is 1. The zero-order valence-electron chi connectivity index (χ0n) is 20.8. The van der Waals surface area contributed by atoms with E-state index < -0.39 is 6.04 Å². The molecular weight excluding hydrogens is 468 g/mol. The maximum atomic E-state index is 13.4. The molecule has 1 aliphatic rings. The highest BCUT2D eigenvalue weighted by Crippen LogP contribution is 2.39. The fraction of sp³-hybridized carbons (Fsp3) is 0.207. The molecule has 7 heteroatoms. The van der Waals surface area contributed by atoms with Gasteiger partial charge in [-0.1, -0.05) is 66.2 Å². The quantitative estimate of drug-likeness (QED) is 0.290. The molecule has 2 amide bonds. The molecule has 6 nitrogen and oxygen atoms in total. The monoisotopic (exact) mass is 496 g/mol. The van der Waals surface area contributed by atoms with E-state index >= 15 is 0 Å². The second-order valence-electron chi connectivity index (χ2n) is 8.80. The number of nitrogens with one attached hydrogen (secondary N) is 1. The zero-order chi connectivity index (χ0) is 25.2. The van der Waals surface area contributed by atoms with Crippen molar-refractivity contribution < 1.29 is 9.32 Å². The van der Waals surface area contributed by atoms with E-state index in [-0.39, 0.29) is 6.03 Å².